The average Bonchev–Trinajstić information content (AvgIpc) is 2.29. The molecular weight excluding hydrogens is 269 g/mol. The van der Waals surface area contributed by atoms with Crippen molar-refractivity contribution in [3.05, 3.63) is 12.2 Å². The number of carbonyl (C=O) groups is 1. The number of ether oxygens (including phenoxy) is 1. The molecule has 0 bridgehead atoms. The SMILES string of the molecule is CCOP(=O)(OCC)C(F)(F)C/C=C/C(=O)OC. The van der Waals surface area contributed by atoms with Crippen LogP contribution in [0.5, 0.6) is 0 Å². The molecule has 0 aliphatic heterocycles. The van der Waals surface area contributed by atoms with Gasteiger partial charge in [-0.2, -0.15) is 8.78 Å². The molecule has 0 rings (SSSR count). The van der Waals surface area contributed by atoms with Crippen molar-refractivity contribution in [3.63, 3.8) is 0 Å². The van der Waals surface area contributed by atoms with Gasteiger partial charge in [0.15, 0.2) is 0 Å². The van der Waals surface area contributed by atoms with Crippen LogP contribution in [0.2, 0.25) is 0 Å². The van der Waals surface area contributed by atoms with Gasteiger partial charge < -0.3 is 13.8 Å². The summed E-state index contributed by atoms with van der Waals surface area (Å²) in [4.78, 5) is 10.7. The summed E-state index contributed by atoms with van der Waals surface area (Å²) in [6, 6.07) is 0. The summed E-state index contributed by atoms with van der Waals surface area (Å²) in [6.45, 7) is 2.55. The lowest BCUT2D eigenvalue weighted by Gasteiger charge is -2.24. The largest absolute Gasteiger partial charge is 0.466 e. The normalized spacial score (nSPS) is 12.9. The summed E-state index contributed by atoms with van der Waals surface area (Å²) in [6.07, 6.45) is 0.770. The first-order valence-corrected chi connectivity index (χ1v) is 6.88. The molecule has 5 nitrogen and oxygen atoms in total. The first kappa shape index (κ1) is 17.2. The van der Waals surface area contributed by atoms with Gasteiger partial charge >= 0.3 is 19.2 Å². The Balaban J connectivity index is 4.80. The number of allylic oxidation sites excluding steroid dienone is 1. The van der Waals surface area contributed by atoms with Crippen molar-refractivity contribution in [2.24, 2.45) is 0 Å². The lowest BCUT2D eigenvalue weighted by Crippen LogP contribution is -2.19. The molecule has 106 valence electrons. The molecule has 0 heterocycles. The highest BCUT2D eigenvalue weighted by Gasteiger charge is 2.52. The molecule has 8 heteroatoms. The van der Waals surface area contributed by atoms with E-state index in [2.05, 4.69) is 13.8 Å². The van der Waals surface area contributed by atoms with E-state index in [4.69, 9.17) is 0 Å². The number of rotatable bonds is 8. The predicted octanol–water partition coefficient (Wildman–Crippen LogP) is 2.96. The van der Waals surface area contributed by atoms with E-state index in [0.717, 1.165) is 19.3 Å². The summed E-state index contributed by atoms with van der Waals surface area (Å²) < 4.78 is 52.6. The third kappa shape index (κ3) is 4.84. The molecule has 0 atom stereocenters. The number of carbonyl (C=O) groups excluding carboxylic acids is 1. The van der Waals surface area contributed by atoms with Crippen LogP contribution in [0.1, 0.15) is 20.3 Å². The van der Waals surface area contributed by atoms with Crippen molar-refractivity contribution in [1.29, 1.82) is 0 Å². The highest BCUT2D eigenvalue weighted by atomic mass is 31.2. The first-order chi connectivity index (χ1) is 8.33. The van der Waals surface area contributed by atoms with Crippen molar-refractivity contribution in [1.82, 2.24) is 0 Å². The summed E-state index contributed by atoms with van der Waals surface area (Å²) in [5.41, 5.74) is -3.69. The highest BCUT2D eigenvalue weighted by Crippen LogP contribution is 2.63. The van der Waals surface area contributed by atoms with Gasteiger partial charge in [0.2, 0.25) is 0 Å². The average molecular weight is 286 g/mol. The van der Waals surface area contributed by atoms with Gasteiger partial charge in [0, 0.05) is 12.5 Å². The second-order valence-corrected chi connectivity index (χ2v) is 5.29. The minimum absolute atomic E-state index is 0.159. The van der Waals surface area contributed by atoms with E-state index in [1.54, 1.807) is 0 Å². The molecule has 0 radical (unpaired) electrons. The molecule has 0 aromatic heterocycles. The van der Waals surface area contributed by atoms with E-state index < -0.39 is 25.6 Å². The molecule has 0 aliphatic carbocycles. The minimum atomic E-state index is -4.53. The number of halogens is 2. The standard InChI is InChI=1S/C10H17F2O5P/c1-4-16-18(14,17-5-2)10(11,12)8-6-7-9(13)15-3/h6-7H,4-5,8H2,1-3H3/b7-6+. The molecule has 0 N–H and O–H groups in total. The van der Waals surface area contributed by atoms with Crippen molar-refractivity contribution >= 4 is 13.6 Å². The molecule has 0 aromatic carbocycles. The summed E-state index contributed by atoms with van der Waals surface area (Å²) >= 11 is 0. The van der Waals surface area contributed by atoms with E-state index in [1.807, 2.05) is 0 Å². The van der Waals surface area contributed by atoms with Gasteiger partial charge in [-0.1, -0.05) is 6.08 Å². The Morgan fingerprint density at radius 1 is 1.28 bits per heavy atom. The molecule has 0 spiro atoms. The Morgan fingerprint density at radius 3 is 2.17 bits per heavy atom. The Bertz CT molecular complexity index is 333. The van der Waals surface area contributed by atoms with Crippen LogP contribution < -0.4 is 0 Å². The fourth-order valence-corrected chi connectivity index (χ4v) is 2.50. The summed E-state index contributed by atoms with van der Waals surface area (Å²) in [5.74, 6) is -0.770. The third-order valence-electron chi connectivity index (χ3n) is 1.82. The zero-order valence-electron chi connectivity index (χ0n) is 10.5. The van der Waals surface area contributed by atoms with Crippen molar-refractivity contribution in [2.45, 2.75) is 25.9 Å². The van der Waals surface area contributed by atoms with Crippen LogP contribution in [0.15, 0.2) is 12.2 Å². The zero-order chi connectivity index (χ0) is 14.2. The minimum Gasteiger partial charge on any atom is -0.466 e. The van der Waals surface area contributed by atoms with Gasteiger partial charge in [0.05, 0.1) is 20.3 Å². The van der Waals surface area contributed by atoms with Crippen LogP contribution in [-0.2, 0) is 23.1 Å². The van der Waals surface area contributed by atoms with Crippen LogP contribution >= 0.6 is 7.60 Å². The van der Waals surface area contributed by atoms with Gasteiger partial charge in [0.25, 0.3) is 0 Å². The zero-order valence-corrected chi connectivity index (χ0v) is 11.4. The Kier molecular flexibility index (Phi) is 7.28. The van der Waals surface area contributed by atoms with Gasteiger partial charge in [0.1, 0.15) is 0 Å². The maximum absolute atomic E-state index is 13.7. The molecule has 0 aliphatic rings. The van der Waals surface area contributed by atoms with Crippen LogP contribution in [-0.4, -0.2) is 32.0 Å². The lowest BCUT2D eigenvalue weighted by atomic mass is 10.4. The highest BCUT2D eigenvalue weighted by molar-refractivity contribution is 7.55. The fourth-order valence-electron chi connectivity index (χ4n) is 1.04. The van der Waals surface area contributed by atoms with E-state index in [9.17, 15) is 18.1 Å². The van der Waals surface area contributed by atoms with Crippen molar-refractivity contribution < 1.29 is 31.9 Å². The van der Waals surface area contributed by atoms with Crippen LogP contribution in [0.3, 0.4) is 0 Å². The second kappa shape index (κ2) is 7.61. The molecule has 0 saturated carbocycles. The smallest absolute Gasteiger partial charge is 0.399 e. The first-order valence-electron chi connectivity index (χ1n) is 5.34. The topological polar surface area (TPSA) is 61.8 Å². The third-order valence-corrected chi connectivity index (χ3v) is 4.00. The maximum Gasteiger partial charge on any atom is 0.399 e. The molecule has 0 fully saturated rings. The van der Waals surface area contributed by atoms with Gasteiger partial charge in [-0.05, 0) is 13.8 Å². The Labute approximate surface area is 105 Å². The Morgan fingerprint density at radius 2 is 1.78 bits per heavy atom. The van der Waals surface area contributed by atoms with E-state index in [1.165, 1.54) is 13.8 Å². The lowest BCUT2D eigenvalue weighted by molar-refractivity contribution is -0.134. The van der Waals surface area contributed by atoms with E-state index in [-0.39, 0.29) is 13.2 Å². The van der Waals surface area contributed by atoms with Crippen molar-refractivity contribution in [2.75, 3.05) is 20.3 Å². The summed E-state index contributed by atoms with van der Waals surface area (Å²) in [5, 5.41) is 0. The molecule has 18 heavy (non-hydrogen) atoms. The van der Waals surface area contributed by atoms with E-state index >= 15 is 0 Å². The van der Waals surface area contributed by atoms with Crippen LogP contribution in [0, 0.1) is 0 Å². The molecular formula is C10H17F2O5P. The monoisotopic (exact) mass is 286 g/mol. The number of hydrogen-bond acceptors (Lipinski definition) is 5. The molecule has 0 saturated heterocycles. The van der Waals surface area contributed by atoms with E-state index in [0.29, 0.717) is 0 Å². The number of hydrogen-bond donors (Lipinski definition) is 0. The quantitative estimate of drug-likeness (QED) is 0.390. The van der Waals surface area contributed by atoms with Crippen molar-refractivity contribution in [3.8, 4) is 0 Å². The van der Waals surface area contributed by atoms with Crippen LogP contribution in [0.4, 0.5) is 8.78 Å². The molecule has 0 amide bonds. The van der Waals surface area contributed by atoms with Gasteiger partial charge in [-0.15, -0.1) is 0 Å². The maximum atomic E-state index is 13.7. The number of methoxy groups -OCH3 is 1. The fraction of sp³-hybridized carbons (Fsp3) is 0.700. The number of esters is 1. The van der Waals surface area contributed by atoms with Gasteiger partial charge in [-0.3, -0.25) is 4.57 Å². The number of alkyl halides is 2. The molecule has 0 aromatic rings. The van der Waals surface area contributed by atoms with Gasteiger partial charge in [-0.25, -0.2) is 4.79 Å². The summed E-state index contributed by atoms with van der Waals surface area (Å²) in [7, 11) is -3.41. The Hall–Kier alpha value is -0.780. The van der Waals surface area contributed by atoms with Crippen LogP contribution in [0.25, 0.3) is 0 Å². The second-order valence-electron chi connectivity index (χ2n) is 3.13. The molecule has 0 unspecified atom stereocenters. The predicted molar refractivity (Wildman–Crippen MR) is 61.6 cm³/mol.